The summed E-state index contributed by atoms with van der Waals surface area (Å²) in [5, 5.41) is 3.51. The number of nitrogens with zero attached hydrogens (tertiary/aromatic N) is 4. The maximum absolute atomic E-state index is 14.6. The molecule has 1 N–H and O–H groups in total. The topological polar surface area (TPSA) is 81.4 Å². The average Bonchev–Trinajstić information content (AvgIpc) is 2.83. The van der Waals surface area contributed by atoms with Crippen LogP contribution in [0.3, 0.4) is 0 Å². The Hall–Kier alpha value is -3.17. The summed E-state index contributed by atoms with van der Waals surface area (Å²) in [6.45, 7) is 10.3. The summed E-state index contributed by atoms with van der Waals surface area (Å²) >= 11 is 6.01. The number of ether oxygens (including phenoxy) is 1. The molecular formula is C26H33ClFN5O3. The molecule has 0 amide bonds. The van der Waals surface area contributed by atoms with E-state index >= 15 is 0 Å². The van der Waals surface area contributed by atoms with Crippen LogP contribution in [0.1, 0.15) is 39.7 Å². The van der Waals surface area contributed by atoms with Gasteiger partial charge in [0.25, 0.3) is 0 Å². The zero-order valence-corrected chi connectivity index (χ0v) is 21.9. The summed E-state index contributed by atoms with van der Waals surface area (Å²) in [5.41, 5.74) is -0.0370. The van der Waals surface area contributed by atoms with Gasteiger partial charge in [-0.2, -0.15) is 4.98 Å². The summed E-state index contributed by atoms with van der Waals surface area (Å²) in [6.07, 6.45) is 0.792. The van der Waals surface area contributed by atoms with Crippen molar-refractivity contribution in [2.75, 3.05) is 25.0 Å². The highest BCUT2D eigenvalue weighted by Gasteiger charge is 2.16. The maximum atomic E-state index is 14.6. The first-order valence-electron chi connectivity index (χ1n) is 12.1. The molecule has 0 aliphatic rings. The summed E-state index contributed by atoms with van der Waals surface area (Å²) in [4.78, 5) is 32.7. The Labute approximate surface area is 215 Å². The van der Waals surface area contributed by atoms with Crippen LogP contribution in [-0.4, -0.2) is 44.8 Å². The van der Waals surface area contributed by atoms with Gasteiger partial charge in [0.15, 0.2) is 11.6 Å². The molecule has 0 unspecified atom stereocenters. The molecule has 1 aromatic heterocycles. The van der Waals surface area contributed by atoms with E-state index in [-0.39, 0.29) is 30.9 Å². The molecule has 0 fully saturated rings. The molecule has 0 aliphatic carbocycles. The number of hydrogen-bond donors (Lipinski definition) is 1. The van der Waals surface area contributed by atoms with Crippen LogP contribution in [0.15, 0.2) is 52.1 Å². The van der Waals surface area contributed by atoms with Crippen LogP contribution in [0.2, 0.25) is 5.02 Å². The number of hydrogen-bond acceptors (Lipinski definition) is 6. The second-order valence-corrected chi connectivity index (χ2v) is 9.17. The van der Waals surface area contributed by atoms with E-state index in [1.807, 2.05) is 20.8 Å². The predicted molar refractivity (Wildman–Crippen MR) is 141 cm³/mol. The molecule has 8 nitrogen and oxygen atoms in total. The molecule has 36 heavy (non-hydrogen) atoms. The fourth-order valence-electron chi connectivity index (χ4n) is 3.77. The molecule has 0 radical (unpaired) electrons. The Kier molecular flexibility index (Phi) is 9.66. The Morgan fingerprint density at radius 1 is 1.08 bits per heavy atom. The van der Waals surface area contributed by atoms with E-state index in [0.29, 0.717) is 17.3 Å². The minimum Gasteiger partial charge on any atom is -0.488 e. The quantitative estimate of drug-likeness (QED) is 0.381. The molecule has 10 heteroatoms. The molecular weight excluding hydrogens is 485 g/mol. The van der Waals surface area contributed by atoms with Crippen LogP contribution in [0.4, 0.5) is 16.0 Å². The second kappa shape index (κ2) is 12.7. The fourth-order valence-corrected chi connectivity index (χ4v) is 3.90. The smallest absolute Gasteiger partial charge is 0.354 e. The van der Waals surface area contributed by atoms with Crippen molar-refractivity contribution in [1.29, 1.82) is 0 Å². The van der Waals surface area contributed by atoms with Crippen LogP contribution in [0.25, 0.3) is 0 Å². The van der Waals surface area contributed by atoms with Crippen molar-refractivity contribution in [3.8, 4) is 5.75 Å². The fraction of sp³-hybridized carbons (Fsp3) is 0.423. The van der Waals surface area contributed by atoms with Crippen molar-refractivity contribution in [2.45, 2.75) is 53.3 Å². The van der Waals surface area contributed by atoms with Gasteiger partial charge in [-0.15, -0.1) is 0 Å². The molecule has 0 bridgehead atoms. The highest BCUT2D eigenvalue weighted by Crippen LogP contribution is 2.24. The standard InChI is InChI=1S/C26H33ClFN5O3/c1-5-13-31(6-2)14-15-32-25(34)30-24(29-21-11-12-23(22(28)16-21)36-18(3)4)33(26(32)35)17-19-7-9-20(27)10-8-19/h7-12,16,18H,5-6,13-15,17H2,1-4H3,(H,29,30,34). The van der Waals surface area contributed by atoms with Crippen molar-refractivity contribution in [3.63, 3.8) is 0 Å². The first kappa shape index (κ1) is 27.4. The van der Waals surface area contributed by atoms with Crippen LogP contribution in [-0.2, 0) is 13.1 Å². The van der Waals surface area contributed by atoms with Crippen molar-refractivity contribution in [2.24, 2.45) is 0 Å². The predicted octanol–water partition coefficient (Wildman–Crippen LogP) is 4.51. The third-order valence-corrected chi connectivity index (χ3v) is 5.83. The minimum atomic E-state index is -0.664. The van der Waals surface area contributed by atoms with E-state index in [9.17, 15) is 14.0 Å². The van der Waals surface area contributed by atoms with Gasteiger partial charge in [-0.05, 0) is 63.2 Å². The Balaban J connectivity index is 1.99. The van der Waals surface area contributed by atoms with Crippen LogP contribution in [0, 0.1) is 5.82 Å². The number of aromatic nitrogens is 3. The number of anilines is 2. The first-order chi connectivity index (χ1) is 17.2. The van der Waals surface area contributed by atoms with E-state index < -0.39 is 17.2 Å². The molecule has 0 atom stereocenters. The monoisotopic (exact) mass is 517 g/mol. The van der Waals surface area contributed by atoms with Gasteiger partial charge in [-0.1, -0.05) is 37.6 Å². The highest BCUT2D eigenvalue weighted by molar-refractivity contribution is 6.30. The number of halogens is 2. The summed E-state index contributed by atoms with van der Waals surface area (Å²) in [5.74, 6) is -0.428. The molecule has 1 heterocycles. The lowest BCUT2D eigenvalue weighted by Crippen LogP contribution is -2.45. The van der Waals surface area contributed by atoms with Gasteiger partial charge in [-0.25, -0.2) is 18.5 Å². The average molecular weight is 518 g/mol. The summed E-state index contributed by atoms with van der Waals surface area (Å²) < 4.78 is 22.5. The largest absolute Gasteiger partial charge is 0.488 e. The van der Waals surface area contributed by atoms with Crippen LogP contribution in [0.5, 0.6) is 5.75 Å². The molecule has 194 valence electrons. The summed E-state index contributed by atoms with van der Waals surface area (Å²) in [6, 6.07) is 11.4. The SMILES string of the molecule is CCCN(CC)CCn1c(=O)nc(Nc2ccc(OC(C)C)c(F)c2)n(Cc2ccc(Cl)cc2)c1=O. The molecule has 0 aliphatic heterocycles. The highest BCUT2D eigenvalue weighted by atomic mass is 35.5. The Morgan fingerprint density at radius 2 is 1.81 bits per heavy atom. The third-order valence-electron chi connectivity index (χ3n) is 5.58. The van der Waals surface area contributed by atoms with Gasteiger partial charge >= 0.3 is 11.4 Å². The second-order valence-electron chi connectivity index (χ2n) is 8.74. The molecule has 2 aromatic carbocycles. The van der Waals surface area contributed by atoms with E-state index in [1.165, 1.54) is 16.7 Å². The van der Waals surface area contributed by atoms with Gasteiger partial charge in [0.1, 0.15) is 0 Å². The van der Waals surface area contributed by atoms with Gasteiger partial charge in [0.05, 0.1) is 12.6 Å². The minimum absolute atomic E-state index is 0.0223. The van der Waals surface area contributed by atoms with Gasteiger partial charge in [0.2, 0.25) is 5.95 Å². The first-order valence-corrected chi connectivity index (χ1v) is 12.5. The normalized spacial score (nSPS) is 11.3. The lowest BCUT2D eigenvalue weighted by atomic mass is 10.2. The van der Waals surface area contributed by atoms with Gasteiger partial charge in [0, 0.05) is 29.9 Å². The molecule has 0 saturated heterocycles. The lowest BCUT2D eigenvalue weighted by Gasteiger charge is -2.20. The summed E-state index contributed by atoms with van der Waals surface area (Å²) in [7, 11) is 0. The number of benzene rings is 2. The number of rotatable bonds is 12. The van der Waals surface area contributed by atoms with Crippen molar-refractivity contribution in [1.82, 2.24) is 19.0 Å². The zero-order chi connectivity index (χ0) is 26.2. The van der Waals surface area contributed by atoms with Crippen LogP contribution >= 0.6 is 11.6 Å². The number of nitrogens with one attached hydrogen (secondary N) is 1. The van der Waals surface area contributed by atoms with Crippen molar-refractivity contribution in [3.05, 3.63) is 79.8 Å². The molecule has 0 spiro atoms. The zero-order valence-electron chi connectivity index (χ0n) is 21.1. The van der Waals surface area contributed by atoms with Crippen molar-refractivity contribution >= 4 is 23.2 Å². The molecule has 3 aromatic rings. The van der Waals surface area contributed by atoms with E-state index in [2.05, 4.69) is 22.1 Å². The van der Waals surface area contributed by atoms with Gasteiger partial charge < -0.3 is 15.0 Å². The third kappa shape index (κ3) is 7.18. The van der Waals surface area contributed by atoms with Crippen molar-refractivity contribution < 1.29 is 9.13 Å². The lowest BCUT2D eigenvalue weighted by molar-refractivity contribution is 0.231. The molecule has 3 rings (SSSR count). The number of likely N-dealkylation sites (N-methyl/N-ethyl adjacent to an activating group) is 1. The Bertz CT molecular complexity index is 1270. The Morgan fingerprint density at radius 3 is 2.42 bits per heavy atom. The van der Waals surface area contributed by atoms with E-state index in [4.69, 9.17) is 16.3 Å². The molecule has 0 saturated carbocycles. The maximum Gasteiger partial charge on any atom is 0.354 e. The van der Waals surface area contributed by atoms with Crippen LogP contribution < -0.4 is 21.4 Å². The van der Waals surface area contributed by atoms with E-state index in [1.54, 1.807) is 30.3 Å². The van der Waals surface area contributed by atoms with E-state index in [0.717, 1.165) is 29.6 Å². The van der Waals surface area contributed by atoms with Gasteiger partial charge in [-0.3, -0.25) is 4.57 Å².